The third-order valence-corrected chi connectivity index (χ3v) is 8.79. The highest BCUT2D eigenvalue weighted by Crippen LogP contribution is 2.32. The Morgan fingerprint density at radius 1 is 1.00 bits per heavy atom. The second kappa shape index (κ2) is 15.4. The van der Waals surface area contributed by atoms with Crippen LogP contribution in [-0.4, -0.2) is 75.9 Å². The lowest BCUT2D eigenvalue weighted by Crippen LogP contribution is -2.51. The molecule has 2 unspecified atom stereocenters. The van der Waals surface area contributed by atoms with E-state index in [-0.39, 0.29) is 58.9 Å². The van der Waals surface area contributed by atoms with Crippen molar-refractivity contribution in [2.24, 2.45) is 11.8 Å². The molecule has 4 amide bonds. The zero-order valence-electron chi connectivity index (χ0n) is 24.3. The van der Waals surface area contributed by atoms with Crippen molar-refractivity contribution < 1.29 is 24.3 Å². The molecular formula is C30H46N4O5S. The topological polar surface area (TPSA) is 128 Å². The SMILES string of the molecule is CC(C)NCCCSC1CC(=O)N(CC2CCC(C(=O)NC(Cc3ccc(O)cc3)C(=O)NC(C)C)CC2)C1=O. The molecule has 4 N–H and O–H groups in total. The number of thioether (sulfide) groups is 1. The molecule has 1 saturated heterocycles. The molecule has 2 atom stereocenters. The molecule has 0 spiro atoms. The molecule has 1 aromatic carbocycles. The zero-order chi connectivity index (χ0) is 29.2. The lowest BCUT2D eigenvalue weighted by Gasteiger charge is -2.31. The van der Waals surface area contributed by atoms with Crippen LogP contribution in [0.5, 0.6) is 5.75 Å². The first-order valence-electron chi connectivity index (χ1n) is 14.6. The minimum atomic E-state index is -0.715. The molecule has 1 aromatic rings. The zero-order valence-corrected chi connectivity index (χ0v) is 25.1. The number of amides is 4. The second-order valence-electron chi connectivity index (χ2n) is 11.7. The van der Waals surface area contributed by atoms with E-state index in [9.17, 15) is 24.3 Å². The molecule has 0 aromatic heterocycles. The van der Waals surface area contributed by atoms with E-state index in [1.54, 1.807) is 36.0 Å². The van der Waals surface area contributed by atoms with Crippen molar-refractivity contribution >= 4 is 35.4 Å². The van der Waals surface area contributed by atoms with Crippen molar-refractivity contribution in [3.63, 3.8) is 0 Å². The number of nitrogens with one attached hydrogen (secondary N) is 3. The van der Waals surface area contributed by atoms with Crippen LogP contribution < -0.4 is 16.0 Å². The van der Waals surface area contributed by atoms with E-state index in [0.29, 0.717) is 31.8 Å². The minimum absolute atomic E-state index is 0.0574. The summed E-state index contributed by atoms with van der Waals surface area (Å²) in [6.45, 7) is 9.29. The van der Waals surface area contributed by atoms with Gasteiger partial charge in [-0.05, 0) is 81.9 Å². The number of carbonyl (C=O) groups is 4. The average Bonchev–Trinajstić information content (AvgIpc) is 3.16. The molecule has 9 nitrogen and oxygen atoms in total. The van der Waals surface area contributed by atoms with Gasteiger partial charge in [-0.2, -0.15) is 0 Å². The van der Waals surface area contributed by atoms with Crippen LogP contribution >= 0.6 is 11.8 Å². The van der Waals surface area contributed by atoms with E-state index in [1.165, 1.54) is 4.90 Å². The van der Waals surface area contributed by atoms with Gasteiger partial charge in [0.15, 0.2) is 0 Å². The Hall–Kier alpha value is -2.59. The second-order valence-corrected chi connectivity index (χ2v) is 13.0. The van der Waals surface area contributed by atoms with Gasteiger partial charge in [0.05, 0.1) is 5.25 Å². The molecule has 40 heavy (non-hydrogen) atoms. The highest BCUT2D eigenvalue weighted by Gasteiger charge is 2.40. The first-order chi connectivity index (χ1) is 19.0. The van der Waals surface area contributed by atoms with Crippen LogP contribution in [0.2, 0.25) is 0 Å². The highest BCUT2D eigenvalue weighted by molar-refractivity contribution is 8.00. The van der Waals surface area contributed by atoms with Crippen molar-refractivity contribution in [2.75, 3.05) is 18.8 Å². The number of nitrogens with zero attached hydrogens (tertiary/aromatic N) is 1. The summed E-state index contributed by atoms with van der Waals surface area (Å²) in [5.41, 5.74) is 0.842. The predicted octanol–water partition coefficient (Wildman–Crippen LogP) is 3.00. The minimum Gasteiger partial charge on any atom is -0.508 e. The van der Waals surface area contributed by atoms with Gasteiger partial charge in [0.2, 0.25) is 23.6 Å². The number of aromatic hydroxyl groups is 1. The monoisotopic (exact) mass is 574 g/mol. The number of imide groups is 1. The quantitative estimate of drug-likeness (QED) is 0.199. The van der Waals surface area contributed by atoms with Gasteiger partial charge in [-0.15, -0.1) is 11.8 Å². The molecule has 3 rings (SSSR count). The van der Waals surface area contributed by atoms with E-state index >= 15 is 0 Å². The molecule has 1 aliphatic carbocycles. The van der Waals surface area contributed by atoms with Crippen LogP contribution in [0.15, 0.2) is 24.3 Å². The number of hydrogen-bond donors (Lipinski definition) is 4. The Balaban J connectivity index is 1.47. The van der Waals surface area contributed by atoms with Gasteiger partial charge >= 0.3 is 0 Å². The summed E-state index contributed by atoms with van der Waals surface area (Å²) in [5.74, 6) is 0.439. The number of phenols is 1. The van der Waals surface area contributed by atoms with Crippen molar-refractivity contribution in [3.8, 4) is 5.75 Å². The third kappa shape index (κ3) is 9.80. The summed E-state index contributed by atoms with van der Waals surface area (Å²) in [4.78, 5) is 53.0. The summed E-state index contributed by atoms with van der Waals surface area (Å²) >= 11 is 1.58. The molecule has 2 fully saturated rings. The van der Waals surface area contributed by atoms with Crippen molar-refractivity contribution in [2.45, 2.75) is 96.0 Å². The largest absolute Gasteiger partial charge is 0.508 e. The van der Waals surface area contributed by atoms with Crippen LogP contribution in [0.1, 0.15) is 71.8 Å². The number of hydrogen-bond acceptors (Lipinski definition) is 7. The predicted molar refractivity (Wildman–Crippen MR) is 158 cm³/mol. The van der Waals surface area contributed by atoms with Gasteiger partial charge in [-0.1, -0.05) is 26.0 Å². The molecule has 2 aliphatic rings. The molecule has 1 heterocycles. The van der Waals surface area contributed by atoms with Gasteiger partial charge in [0, 0.05) is 37.4 Å². The smallest absolute Gasteiger partial charge is 0.243 e. The van der Waals surface area contributed by atoms with E-state index in [1.807, 2.05) is 13.8 Å². The Kier molecular flexibility index (Phi) is 12.3. The Labute approximate surface area is 242 Å². The Bertz CT molecular complexity index is 1010. The number of phenolic OH excluding ortho intramolecular Hbond substituents is 1. The summed E-state index contributed by atoms with van der Waals surface area (Å²) in [6, 6.07) is 6.29. The van der Waals surface area contributed by atoms with Gasteiger partial charge in [-0.3, -0.25) is 24.1 Å². The van der Waals surface area contributed by atoms with E-state index in [0.717, 1.165) is 37.1 Å². The van der Waals surface area contributed by atoms with Crippen LogP contribution in [0.25, 0.3) is 0 Å². The summed E-state index contributed by atoms with van der Waals surface area (Å²) < 4.78 is 0. The average molecular weight is 575 g/mol. The maximum absolute atomic E-state index is 13.2. The van der Waals surface area contributed by atoms with Crippen LogP contribution in [0.3, 0.4) is 0 Å². The molecule has 1 aliphatic heterocycles. The van der Waals surface area contributed by atoms with Gasteiger partial charge in [0.25, 0.3) is 0 Å². The standard InChI is InChI=1S/C30H46N4O5S/c1-19(2)31-14-5-15-40-26-17-27(36)34(30(26)39)18-22-6-10-23(11-7-22)28(37)33-25(29(38)32-20(3)4)16-21-8-12-24(35)13-9-21/h8-9,12-13,19-20,22-23,25-26,31,35H,5-7,10-11,14-18H2,1-4H3,(H,32,38)(H,33,37). The molecular weight excluding hydrogens is 528 g/mol. The van der Waals surface area contributed by atoms with Crippen molar-refractivity contribution in [1.29, 1.82) is 0 Å². The maximum atomic E-state index is 13.2. The highest BCUT2D eigenvalue weighted by atomic mass is 32.2. The fourth-order valence-electron chi connectivity index (χ4n) is 5.28. The van der Waals surface area contributed by atoms with E-state index < -0.39 is 6.04 Å². The van der Waals surface area contributed by atoms with Crippen LogP contribution in [0, 0.1) is 11.8 Å². The molecule has 0 bridgehead atoms. The van der Waals surface area contributed by atoms with Gasteiger partial charge < -0.3 is 21.1 Å². The Morgan fingerprint density at radius 2 is 1.68 bits per heavy atom. The summed E-state index contributed by atoms with van der Waals surface area (Å²) in [5, 5.41) is 18.5. The molecule has 0 radical (unpaired) electrons. The third-order valence-electron chi connectivity index (χ3n) is 7.49. The van der Waals surface area contributed by atoms with Crippen molar-refractivity contribution in [1.82, 2.24) is 20.9 Å². The lowest BCUT2D eigenvalue weighted by molar-refractivity contribution is -0.139. The molecule has 1 saturated carbocycles. The number of carbonyl (C=O) groups excluding carboxylic acids is 4. The van der Waals surface area contributed by atoms with Gasteiger partial charge in [0.1, 0.15) is 11.8 Å². The molecule has 222 valence electrons. The Morgan fingerprint density at radius 3 is 2.30 bits per heavy atom. The van der Waals surface area contributed by atoms with Crippen LogP contribution in [-0.2, 0) is 25.6 Å². The summed E-state index contributed by atoms with van der Waals surface area (Å²) in [7, 11) is 0. The number of benzene rings is 1. The number of rotatable bonds is 14. The summed E-state index contributed by atoms with van der Waals surface area (Å²) in [6.07, 6.45) is 4.40. The fourth-order valence-corrected chi connectivity index (χ4v) is 6.41. The molecule has 10 heteroatoms. The van der Waals surface area contributed by atoms with E-state index in [2.05, 4.69) is 29.8 Å². The first kappa shape index (κ1) is 31.9. The first-order valence-corrected chi connectivity index (χ1v) is 15.7. The number of likely N-dealkylation sites (tertiary alicyclic amines) is 1. The van der Waals surface area contributed by atoms with Crippen LogP contribution in [0.4, 0.5) is 0 Å². The van der Waals surface area contributed by atoms with Gasteiger partial charge in [-0.25, -0.2) is 0 Å². The lowest BCUT2D eigenvalue weighted by atomic mass is 9.81. The fraction of sp³-hybridized carbons (Fsp3) is 0.667. The van der Waals surface area contributed by atoms with E-state index in [4.69, 9.17) is 0 Å². The normalized spacial score (nSPS) is 22.1. The maximum Gasteiger partial charge on any atom is 0.243 e. The van der Waals surface area contributed by atoms with Crippen molar-refractivity contribution in [3.05, 3.63) is 29.8 Å².